The number of nitrogens with zero attached hydrogens (tertiary/aromatic N) is 1. The number of halogens is 2. The van der Waals surface area contributed by atoms with Crippen LogP contribution in [0.5, 0.6) is 0 Å². The SMILES string of the molecule is O=C(C[C@@H]1CCC(=O)N1Cc1cc(F)ccc1Cl)N[C@@H](CC1CC1)C(=O)O. The molecule has 2 atom stereocenters. The fourth-order valence-electron chi connectivity index (χ4n) is 3.45. The summed E-state index contributed by atoms with van der Waals surface area (Å²) in [6.07, 6.45) is 3.26. The standard InChI is InChI=1S/C19H22ClFN2O4/c20-15-5-3-13(21)8-12(15)10-23-14(4-6-18(23)25)9-17(24)22-16(19(26)27)7-11-1-2-11/h3,5,8,11,14,16H,1-2,4,6-7,9-10H2,(H,22,24)(H,26,27)/t14-,16-/m0/s1. The van der Waals surface area contributed by atoms with Crippen molar-refractivity contribution in [2.24, 2.45) is 5.92 Å². The Morgan fingerprint density at radius 2 is 2.07 bits per heavy atom. The van der Waals surface area contributed by atoms with E-state index in [0.717, 1.165) is 12.8 Å². The fraction of sp³-hybridized carbons (Fsp3) is 0.526. The van der Waals surface area contributed by atoms with Gasteiger partial charge in [-0.15, -0.1) is 0 Å². The number of hydrogen-bond donors (Lipinski definition) is 2. The molecular weight excluding hydrogens is 375 g/mol. The molecule has 1 aliphatic heterocycles. The highest BCUT2D eigenvalue weighted by Crippen LogP contribution is 2.33. The van der Waals surface area contributed by atoms with E-state index in [1.165, 1.54) is 23.1 Å². The molecule has 6 nitrogen and oxygen atoms in total. The number of hydrogen-bond acceptors (Lipinski definition) is 3. The van der Waals surface area contributed by atoms with Crippen molar-refractivity contribution in [1.82, 2.24) is 10.2 Å². The van der Waals surface area contributed by atoms with Crippen molar-refractivity contribution in [3.05, 3.63) is 34.6 Å². The van der Waals surface area contributed by atoms with Crippen LogP contribution in [0, 0.1) is 11.7 Å². The Kier molecular flexibility index (Phi) is 5.99. The van der Waals surface area contributed by atoms with Crippen molar-refractivity contribution >= 4 is 29.4 Å². The topological polar surface area (TPSA) is 86.7 Å². The summed E-state index contributed by atoms with van der Waals surface area (Å²) in [6, 6.07) is 2.71. The number of carboxylic acid groups (broad SMARTS) is 1. The van der Waals surface area contributed by atoms with E-state index in [1.54, 1.807) is 0 Å². The first-order valence-electron chi connectivity index (χ1n) is 9.09. The number of likely N-dealkylation sites (tertiary alicyclic amines) is 1. The quantitative estimate of drug-likeness (QED) is 0.707. The zero-order chi connectivity index (χ0) is 19.6. The highest BCUT2D eigenvalue weighted by Gasteiger charge is 2.35. The van der Waals surface area contributed by atoms with Crippen LogP contribution in [-0.4, -0.2) is 39.9 Å². The Labute approximate surface area is 161 Å². The normalized spacial score (nSPS) is 20.6. The van der Waals surface area contributed by atoms with Crippen LogP contribution in [0.1, 0.15) is 44.1 Å². The highest BCUT2D eigenvalue weighted by molar-refractivity contribution is 6.31. The lowest BCUT2D eigenvalue weighted by atomic mass is 10.1. The van der Waals surface area contributed by atoms with Gasteiger partial charge in [0.1, 0.15) is 11.9 Å². The van der Waals surface area contributed by atoms with Crippen molar-refractivity contribution in [2.45, 2.75) is 57.2 Å². The molecule has 27 heavy (non-hydrogen) atoms. The predicted molar refractivity (Wildman–Crippen MR) is 96.5 cm³/mol. The van der Waals surface area contributed by atoms with Crippen LogP contribution in [-0.2, 0) is 20.9 Å². The monoisotopic (exact) mass is 396 g/mol. The minimum Gasteiger partial charge on any atom is -0.480 e. The van der Waals surface area contributed by atoms with Gasteiger partial charge in [-0.25, -0.2) is 9.18 Å². The molecule has 1 aliphatic carbocycles. The van der Waals surface area contributed by atoms with Crippen molar-refractivity contribution in [1.29, 1.82) is 0 Å². The van der Waals surface area contributed by atoms with E-state index < -0.39 is 23.7 Å². The first-order chi connectivity index (χ1) is 12.8. The average Bonchev–Trinajstić information content (AvgIpc) is 3.36. The molecule has 1 saturated carbocycles. The number of benzene rings is 1. The van der Waals surface area contributed by atoms with Gasteiger partial charge in [-0.3, -0.25) is 9.59 Å². The number of carbonyl (C=O) groups is 3. The number of rotatable bonds is 8. The summed E-state index contributed by atoms with van der Waals surface area (Å²) in [6.45, 7) is 0.123. The average molecular weight is 397 g/mol. The van der Waals surface area contributed by atoms with E-state index in [2.05, 4.69) is 5.32 Å². The van der Waals surface area contributed by atoms with Crippen LogP contribution in [0.2, 0.25) is 5.02 Å². The van der Waals surface area contributed by atoms with Crippen molar-refractivity contribution in [2.75, 3.05) is 0 Å². The van der Waals surface area contributed by atoms with Crippen LogP contribution in [0.3, 0.4) is 0 Å². The number of carboxylic acids is 1. The fourth-order valence-corrected chi connectivity index (χ4v) is 3.62. The zero-order valence-electron chi connectivity index (χ0n) is 14.8. The molecule has 1 aromatic rings. The Hall–Kier alpha value is -2.15. The van der Waals surface area contributed by atoms with Gasteiger partial charge in [0.15, 0.2) is 0 Å². The number of carbonyl (C=O) groups excluding carboxylic acids is 2. The Morgan fingerprint density at radius 3 is 2.74 bits per heavy atom. The molecule has 0 bridgehead atoms. The molecule has 8 heteroatoms. The molecule has 2 fully saturated rings. The van der Waals surface area contributed by atoms with E-state index in [4.69, 9.17) is 11.6 Å². The lowest BCUT2D eigenvalue weighted by Gasteiger charge is -2.25. The summed E-state index contributed by atoms with van der Waals surface area (Å²) in [5.41, 5.74) is 0.481. The largest absolute Gasteiger partial charge is 0.480 e. The van der Waals surface area contributed by atoms with E-state index in [1.807, 2.05) is 0 Å². The number of amides is 2. The van der Waals surface area contributed by atoms with Gasteiger partial charge in [0.05, 0.1) is 0 Å². The lowest BCUT2D eigenvalue weighted by Crippen LogP contribution is -2.44. The molecule has 1 heterocycles. The Morgan fingerprint density at radius 1 is 1.33 bits per heavy atom. The summed E-state index contributed by atoms with van der Waals surface area (Å²) >= 11 is 6.08. The lowest BCUT2D eigenvalue weighted by molar-refractivity contribution is -0.142. The minimum absolute atomic E-state index is 0.0210. The molecule has 2 amide bonds. The van der Waals surface area contributed by atoms with E-state index in [-0.39, 0.29) is 24.9 Å². The van der Waals surface area contributed by atoms with Crippen molar-refractivity contribution in [3.8, 4) is 0 Å². The third kappa shape index (κ3) is 5.19. The molecule has 0 unspecified atom stereocenters. The first-order valence-corrected chi connectivity index (χ1v) is 9.47. The smallest absolute Gasteiger partial charge is 0.326 e. The molecule has 3 rings (SSSR count). The Bertz CT molecular complexity index is 753. The van der Waals surface area contributed by atoms with Gasteiger partial charge in [-0.1, -0.05) is 24.4 Å². The van der Waals surface area contributed by atoms with Crippen LogP contribution < -0.4 is 5.32 Å². The number of nitrogens with one attached hydrogen (secondary N) is 1. The molecule has 0 aromatic heterocycles. The summed E-state index contributed by atoms with van der Waals surface area (Å²) in [5.74, 6) is -1.63. The zero-order valence-corrected chi connectivity index (χ0v) is 15.5. The van der Waals surface area contributed by atoms with E-state index >= 15 is 0 Å². The third-order valence-electron chi connectivity index (χ3n) is 5.12. The summed E-state index contributed by atoms with van der Waals surface area (Å²) in [5, 5.41) is 12.2. The maximum Gasteiger partial charge on any atom is 0.326 e. The van der Waals surface area contributed by atoms with Gasteiger partial charge in [0, 0.05) is 30.5 Å². The molecule has 146 valence electrons. The van der Waals surface area contributed by atoms with Crippen LogP contribution in [0.4, 0.5) is 4.39 Å². The molecule has 0 radical (unpaired) electrons. The Balaban J connectivity index is 1.62. The van der Waals surface area contributed by atoms with E-state index in [0.29, 0.717) is 35.8 Å². The van der Waals surface area contributed by atoms with Gasteiger partial charge in [0.25, 0.3) is 0 Å². The van der Waals surface area contributed by atoms with Crippen LogP contribution in [0.15, 0.2) is 18.2 Å². The van der Waals surface area contributed by atoms with Crippen molar-refractivity contribution < 1.29 is 23.9 Å². The van der Waals surface area contributed by atoms with Crippen LogP contribution in [0.25, 0.3) is 0 Å². The second-order valence-corrected chi connectivity index (χ2v) is 7.70. The van der Waals surface area contributed by atoms with Gasteiger partial charge in [-0.05, 0) is 42.5 Å². The highest BCUT2D eigenvalue weighted by atomic mass is 35.5. The number of aliphatic carboxylic acids is 1. The van der Waals surface area contributed by atoms with Crippen LogP contribution >= 0.6 is 11.6 Å². The molecule has 0 spiro atoms. The molecular formula is C19H22ClFN2O4. The molecule has 1 saturated heterocycles. The van der Waals surface area contributed by atoms with Crippen molar-refractivity contribution in [3.63, 3.8) is 0 Å². The van der Waals surface area contributed by atoms with Gasteiger partial charge >= 0.3 is 5.97 Å². The summed E-state index contributed by atoms with van der Waals surface area (Å²) < 4.78 is 13.5. The van der Waals surface area contributed by atoms with Gasteiger partial charge < -0.3 is 15.3 Å². The maximum absolute atomic E-state index is 13.5. The molecule has 1 aromatic carbocycles. The second-order valence-electron chi connectivity index (χ2n) is 7.29. The summed E-state index contributed by atoms with van der Waals surface area (Å²) in [4.78, 5) is 37.4. The third-order valence-corrected chi connectivity index (χ3v) is 5.49. The minimum atomic E-state index is -1.04. The molecule has 2 N–H and O–H groups in total. The van der Waals surface area contributed by atoms with E-state index in [9.17, 15) is 23.9 Å². The predicted octanol–water partition coefficient (Wildman–Crippen LogP) is 2.73. The van der Waals surface area contributed by atoms with Gasteiger partial charge in [0.2, 0.25) is 11.8 Å². The first kappa shape index (κ1) is 19.6. The second kappa shape index (κ2) is 8.25. The summed E-state index contributed by atoms with van der Waals surface area (Å²) in [7, 11) is 0. The maximum atomic E-state index is 13.5. The van der Waals surface area contributed by atoms with Gasteiger partial charge in [-0.2, -0.15) is 0 Å². The molecule has 2 aliphatic rings.